The molecular weight excluding hydrogens is 471 g/mol. The maximum absolute atomic E-state index is 13.8. The van der Waals surface area contributed by atoms with Gasteiger partial charge in [0.25, 0.3) is 5.56 Å². The van der Waals surface area contributed by atoms with Crippen LogP contribution in [0.4, 0.5) is 10.1 Å². The van der Waals surface area contributed by atoms with Gasteiger partial charge in [-0.15, -0.1) is 0 Å². The molecule has 0 saturated heterocycles. The smallest absolute Gasteiger partial charge is 0.262 e. The van der Waals surface area contributed by atoms with Gasteiger partial charge in [0.1, 0.15) is 17.8 Å². The molecule has 0 aliphatic heterocycles. The molecule has 0 fully saturated rings. The predicted octanol–water partition coefficient (Wildman–Crippen LogP) is 4.51. The highest BCUT2D eigenvalue weighted by Gasteiger charge is 2.17. The summed E-state index contributed by atoms with van der Waals surface area (Å²) in [5.74, 6) is -1.26. The van der Waals surface area contributed by atoms with E-state index in [4.69, 9.17) is 11.6 Å². The lowest BCUT2D eigenvalue weighted by molar-refractivity contribution is -0.115. The van der Waals surface area contributed by atoms with Crippen LogP contribution in [-0.4, -0.2) is 25.6 Å². The number of aromatic nitrogens is 3. The molecule has 2 heterocycles. The summed E-state index contributed by atoms with van der Waals surface area (Å²) in [5.41, 5.74) is 1.72. The maximum atomic E-state index is 13.8. The lowest BCUT2D eigenvalue weighted by Gasteiger charge is -2.12. The Balaban J connectivity index is 1.38. The Morgan fingerprint density at radius 3 is 2.60 bits per heavy atom. The lowest BCUT2D eigenvalue weighted by atomic mass is 10.1. The van der Waals surface area contributed by atoms with Crippen molar-refractivity contribution < 1.29 is 14.0 Å². The van der Waals surface area contributed by atoms with Crippen LogP contribution in [0.25, 0.3) is 16.6 Å². The van der Waals surface area contributed by atoms with Crippen LogP contribution in [0.15, 0.2) is 84.0 Å². The monoisotopic (exact) mass is 488 g/mol. The first-order valence-corrected chi connectivity index (χ1v) is 11.1. The molecule has 35 heavy (non-hydrogen) atoms. The minimum absolute atomic E-state index is 0.122. The number of amides is 1. The third-order valence-electron chi connectivity index (χ3n) is 5.70. The molecule has 1 N–H and O–H groups in total. The van der Waals surface area contributed by atoms with Crippen LogP contribution < -0.4 is 10.9 Å². The van der Waals surface area contributed by atoms with Gasteiger partial charge in [0.05, 0.1) is 35.1 Å². The van der Waals surface area contributed by atoms with Crippen molar-refractivity contribution in [1.29, 1.82) is 0 Å². The zero-order valence-electron chi connectivity index (χ0n) is 18.2. The Bertz CT molecular complexity index is 1670. The highest BCUT2D eigenvalue weighted by atomic mass is 35.5. The van der Waals surface area contributed by atoms with E-state index in [1.54, 1.807) is 35.0 Å². The van der Waals surface area contributed by atoms with Crippen molar-refractivity contribution in [2.75, 3.05) is 5.32 Å². The molecule has 7 nitrogen and oxygen atoms in total. The minimum atomic E-state index is -0.460. The van der Waals surface area contributed by atoms with Crippen LogP contribution in [-0.2, 0) is 17.8 Å². The molecule has 0 aliphatic carbocycles. The van der Waals surface area contributed by atoms with Crippen molar-refractivity contribution in [1.82, 2.24) is 14.0 Å². The SMILES string of the molecule is O=C(Cc1ccccc1F)Nc1ccc(C(=O)Cn2c(=O)c3ccccc3n3cncc23)c(Cl)c1. The molecule has 5 aromatic rings. The first-order chi connectivity index (χ1) is 16.9. The van der Waals surface area contributed by atoms with E-state index < -0.39 is 11.7 Å². The van der Waals surface area contributed by atoms with Gasteiger partial charge in [-0.2, -0.15) is 0 Å². The second-order valence-electron chi connectivity index (χ2n) is 7.96. The fourth-order valence-electron chi connectivity index (χ4n) is 4.01. The van der Waals surface area contributed by atoms with E-state index in [0.717, 1.165) is 0 Å². The largest absolute Gasteiger partial charge is 0.326 e. The third-order valence-corrected chi connectivity index (χ3v) is 6.01. The molecule has 0 radical (unpaired) electrons. The van der Waals surface area contributed by atoms with E-state index in [-0.39, 0.29) is 40.5 Å². The summed E-state index contributed by atoms with van der Waals surface area (Å²) >= 11 is 6.35. The summed E-state index contributed by atoms with van der Waals surface area (Å²) < 4.78 is 16.9. The number of imidazole rings is 1. The second-order valence-corrected chi connectivity index (χ2v) is 8.37. The standard InChI is InChI=1S/C26H18ClFN4O3/c27-20-12-17(30-24(34)11-16-5-1-3-7-21(16)28)9-10-18(20)23(33)14-31-25-13-29-15-32(25)22-8-4-2-6-19(22)26(31)35/h1-10,12-13,15H,11,14H2,(H,30,34). The van der Waals surface area contributed by atoms with Crippen LogP contribution in [0.2, 0.25) is 5.02 Å². The number of nitrogens with zero attached hydrogens (tertiary/aromatic N) is 3. The van der Waals surface area contributed by atoms with Gasteiger partial charge in [-0.25, -0.2) is 9.37 Å². The molecule has 0 saturated carbocycles. The van der Waals surface area contributed by atoms with Gasteiger partial charge in [-0.1, -0.05) is 41.9 Å². The van der Waals surface area contributed by atoms with Gasteiger partial charge in [0.2, 0.25) is 5.91 Å². The van der Waals surface area contributed by atoms with Gasteiger partial charge in [-0.3, -0.25) is 23.4 Å². The second kappa shape index (κ2) is 9.15. The number of fused-ring (bicyclic) bond motifs is 3. The minimum Gasteiger partial charge on any atom is -0.326 e. The van der Waals surface area contributed by atoms with Gasteiger partial charge in [-0.05, 0) is 42.0 Å². The molecule has 9 heteroatoms. The Morgan fingerprint density at radius 2 is 1.80 bits per heavy atom. The molecule has 0 unspecified atom stereocenters. The lowest BCUT2D eigenvalue weighted by Crippen LogP contribution is -2.26. The van der Waals surface area contributed by atoms with Crippen molar-refractivity contribution in [3.05, 3.63) is 112 Å². The van der Waals surface area contributed by atoms with E-state index >= 15 is 0 Å². The molecule has 5 rings (SSSR count). The summed E-state index contributed by atoms with van der Waals surface area (Å²) in [6.45, 7) is -0.239. The number of benzene rings is 3. The number of rotatable bonds is 6. The van der Waals surface area contributed by atoms with Crippen LogP contribution >= 0.6 is 11.6 Å². The van der Waals surface area contributed by atoms with Crippen molar-refractivity contribution in [3.63, 3.8) is 0 Å². The topological polar surface area (TPSA) is 85.5 Å². The van der Waals surface area contributed by atoms with E-state index in [1.807, 2.05) is 12.1 Å². The average molecular weight is 489 g/mol. The van der Waals surface area contributed by atoms with E-state index in [2.05, 4.69) is 10.3 Å². The Kier molecular flexibility index (Phi) is 5.88. The number of nitrogens with one attached hydrogen (secondary N) is 1. The third kappa shape index (κ3) is 4.31. The summed E-state index contributed by atoms with van der Waals surface area (Å²) in [6, 6.07) is 17.6. The van der Waals surface area contributed by atoms with Gasteiger partial charge in [0.15, 0.2) is 5.78 Å². The zero-order chi connectivity index (χ0) is 24.5. The zero-order valence-corrected chi connectivity index (χ0v) is 19.0. The number of carbonyl (C=O) groups excluding carboxylic acids is 2. The Morgan fingerprint density at radius 1 is 1.03 bits per heavy atom. The number of carbonyl (C=O) groups is 2. The van der Waals surface area contributed by atoms with Crippen molar-refractivity contribution in [2.45, 2.75) is 13.0 Å². The number of ketones is 1. The van der Waals surface area contributed by atoms with Gasteiger partial charge < -0.3 is 5.32 Å². The molecule has 2 aromatic heterocycles. The number of hydrogen-bond acceptors (Lipinski definition) is 4. The summed E-state index contributed by atoms with van der Waals surface area (Å²) in [7, 11) is 0. The molecule has 3 aromatic carbocycles. The van der Waals surface area contributed by atoms with Crippen LogP contribution in [0.3, 0.4) is 0 Å². The Labute approximate surface area is 203 Å². The highest BCUT2D eigenvalue weighted by molar-refractivity contribution is 6.34. The molecule has 0 bridgehead atoms. The Hall–Kier alpha value is -4.30. The number of hydrogen-bond donors (Lipinski definition) is 1. The molecular formula is C26H18ClFN4O3. The molecule has 0 aliphatic rings. The van der Waals surface area contributed by atoms with Crippen molar-refractivity contribution >= 4 is 45.5 Å². The number of anilines is 1. The van der Waals surface area contributed by atoms with Crippen LogP contribution in [0.5, 0.6) is 0 Å². The predicted molar refractivity (Wildman–Crippen MR) is 131 cm³/mol. The molecule has 174 valence electrons. The number of Topliss-reactive ketones (excluding diaryl/α,β-unsaturated/α-hetero) is 1. The quantitative estimate of drug-likeness (QED) is 0.356. The van der Waals surface area contributed by atoms with E-state index in [0.29, 0.717) is 22.2 Å². The van der Waals surface area contributed by atoms with E-state index in [9.17, 15) is 18.8 Å². The van der Waals surface area contributed by atoms with E-state index in [1.165, 1.54) is 41.1 Å². The summed E-state index contributed by atoms with van der Waals surface area (Å²) in [5, 5.41) is 3.24. The summed E-state index contributed by atoms with van der Waals surface area (Å²) in [4.78, 5) is 42.6. The maximum Gasteiger partial charge on any atom is 0.262 e. The first-order valence-electron chi connectivity index (χ1n) is 10.7. The number of halogens is 2. The van der Waals surface area contributed by atoms with Crippen LogP contribution in [0, 0.1) is 5.82 Å². The van der Waals surface area contributed by atoms with Crippen molar-refractivity contribution in [3.8, 4) is 0 Å². The van der Waals surface area contributed by atoms with Crippen molar-refractivity contribution in [2.24, 2.45) is 0 Å². The normalized spacial score (nSPS) is 11.1. The fourth-order valence-corrected chi connectivity index (χ4v) is 4.29. The molecule has 0 spiro atoms. The summed E-state index contributed by atoms with van der Waals surface area (Å²) in [6.07, 6.45) is 2.97. The average Bonchev–Trinajstić information content (AvgIpc) is 3.33. The first kappa shape index (κ1) is 22.5. The molecule has 0 atom stereocenters. The van der Waals surface area contributed by atoms with Gasteiger partial charge in [0, 0.05) is 11.3 Å². The number of para-hydroxylation sites is 1. The fraction of sp³-hybridized carbons (Fsp3) is 0.0769. The van der Waals surface area contributed by atoms with Crippen LogP contribution in [0.1, 0.15) is 15.9 Å². The highest BCUT2D eigenvalue weighted by Crippen LogP contribution is 2.23. The molecule has 1 amide bonds. The van der Waals surface area contributed by atoms with Gasteiger partial charge >= 0.3 is 0 Å².